The number of aliphatic hydroxyl groups is 4. The van der Waals surface area contributed by atoms with Crippen molar-refractivity contribution in [3.05, 3.63) is 35.9 Å². The fraction of sp³-hybridized carbons (Fsp3) is 0.538. The number of hydrogen-bond donors (Lipinski definition) is 4. The molecule has 106 valence electrons. The van der Waals surface area contributed by atoms with Gasteiger partial charge in [0.2, 0.25) is 0 Å². The van der Waals surface area contributed by atoms with E-state index in [9.17, 15) is 15.3 Å². The Morgan fingerprint density at radius 3 is 2.32 bits per heavy atom. The normalized spacial score (nSPS) is 35.3. The molecule has 0 aromatic heterocycles. The molecule has 0 bridgehead atoms. The van der Waals surface area contributed by atoms with Gasteiger partial charge in [0.1, 0.15) is 24.4 Å². The predicted molar refractivity (Wildman–Crippen MR) is 65.0 cm³/mol. The Balaban J connectivity index is 1.95. The quantitative estimate of drug-likeness (QED) is 0.560. The van der Waals surface area contributed by atoms with E-state index in [-0.39, 0.29) is 6.61 Å². The van der Waals surface area contributed by atoms with Gasteiger partial charge in [-0.2, -0.15) is 0 Å². The smallest absolute Gasteiger partial charge is 0.187 e. The molecule has 1 heterocycles. The molecule has 0 aliphatic carbocycles. The SMILES string of the molecule is OC[C@H]1O[C@@H](OCc2ccccc2)[C@@H](O)[C@@H](O)[C@@H]1O. The first kappa shape index (κ1) is 14.4. The van der Waals surface area contributed by atoms with Gasteiger partial charge in [-0.1, -0.05) is 30.3 Å². The Hall–Kier alpha value is -1.02. The molecule has 0 unspecified atom stereocenters. The van der Waals surface area contributed by atoms with Gasteiger partial charge >= 0.3 is 0 Å². The molecule has 2 rings (SSSR count). The lowest BCUT2D eigenvalue weighted by Gasteiger charge is -2.39. The van der Waals surface area contributed by atoms with Crippen LogP contribution in [0.3, 0.4) is 0 Å². The second-order valence-corrected chi connectivity index (χ2v) is 4.49. The molecule has 0 amide bonds. The van der Waals surface area contributed by atoms with Crippen molar-refractivity contribution < 1.29 is 29.9 Å². The van der Waals surface area contributed by atoms with E-state index in [1.807, 2.05) is 30.3 Å². The number of rotatable bonds is 4. The van der Waals surface area contributed by atoms with E-state index in [0.717, 1.165) is 5.56 Å². The zero-order valence-corrected chi connectivity index (χ0v) is 10.3. The molecule has 1 aliphatic rings. The molecule has 5 atom stereocenters. The number of aliphatic hydroxyl groups excluding tert-OH is 4. The first-order chi connectivity index (χ1) is 9.13. The van der Waals surface area contributed by atoms with Crippen LogP contribution in [0.1, 0.15) is 5.56 Å². The van der Waals surface area contributed by atoms with Crippen molar-refractivity contribution in [3.63, 3.8) is 0 Å². The van der Waals surface area contributed by atoms with Gasteiger partial charge in [0.15, 0.2) is 6.29 Å². The van der Waals surface area contributed by atoms with Gasteiger partial charge in [-0.3, -0.25) is 0 Å². The van der Waals surface area contributed by atoms with Gasteiger partial charge in [0.05, 0.1) is 13.2 Å². The molecule has 1 aliphatic heterocycles. The minimum absolute atomic E-state index is 0.198. The van der Waals surface area contributed by atoms with E-state index < -0.39 is 37.3 Å². The summed E-state index contributed by atoms with van der Waals surface area (Å²) in [7, 11) is 0. The Kier molecular flexibility index (Phi) is 4.87. The van der Waals surface area contributed by atoms with Crippen molar-refractivity contribution in [1.82, 2.24) is 0 Å². The zero-order chi connectivity index (χ0) is 13.8. The lowest BCUT2D eigenvalue weighted by Crippen LogP contribution is -2.59. The van der Waals surface area contributed by atoms with Crippen LogP contribution in [0.2, 0.25) is 0 Å². The minimum Gasteiger partial charge on any atom is -0.394 e. The zero-order valence-electron chi connectivity index (χ0n) is 10.3. The van der Waals surface area contributed by atoms with Crippen LogP contribution < -0.4 is 0 Å². The standard InChI is InChI=1S/C13H18O6/c14-6-9-10(15)11(16)12(17)13(19-9)18-7-8-4-2-1-3-5-8/h1-5,9-17H,6-7H2/t9-,10-,11+,12+,13-/m1/s1. The summed E-state index contributed by atoms with van der Waals surface area (Å²) in [6.07, 6.45) is -6.17. The topological polar surface area (TPSA) is 99.4 Å². The highest BCUT2D eigenvalue weighted by Crippen LogP contribution is 2.22. The highest BCUT2D eigenvalue weighted by molar-refractivity contribution is 5.13. The summed E-state index contributed by atoms with van der Waals surface area (Å²) in [5, 5.41) is 38.0. The van der Waals surface area contributed by atoms with E-state index in [0.29, 0.717) is 0 Å². The maximum atomic E-state index is 9.76. The number of hydrogen-bond acceptors (Lipinski definition) is 6. The van der Waals surface area contributed by atoms with E-state index in [2.05, 4.69) is 0 Å². The molecule has 4 N–H and O–H groups in total. The lowest BCUT2D eigenvalue weighted by molar-refractivity contribution is -0.304. The summed E-state index contributed by atoms with van der Waals surface area (Å²) in [4.78, 5) is 0. The Morgan fingerprint density at radius 1 is 1.00 bits per heavy atom. The van der Waals surface area contributed by atoms with E-state index in [1.54, 1.807) is 0 Å². The van der Waals surface area contributed by atoms with Crippen LogP contribution in [0.4, 0.5) is 0 Å². The molecule has 0 spiro atoms. The summed E-state index contributed by atoms with van der Waals surface area (Å²) >= 11 is 0. The summed E-state index contributed by atoms with van der Waals surface area (Å²) in [6, 6.07) is 9.28. The van der Waals surface area contributed by atoms with Gasteiger partial charge in [-0.15, -0.1) is 0 Å². The molecule has 0 radical (unpaired) electrons. The van der Waals surface area contributed by atoms with E-state index >= 15 is 0 Å². The van der Waals surface area contributed by atoms with Crippen LogP contribution in [0.5, 0.6) is 0 Å². The van der Waals surface area contributed by atoms with Crippen molar-refractivity contribution in [2.45, 2.75) is 37.3 Å². The lowest BCUT2D eigenvalue weighted by atomic mass is 9.99. The fourth-order valence-corrected chi connectivity index (χ4v) is 1.96. The van der Waals surface area contributed by atoms with Crippen molar-refractivity contribution in [1.29, 1.82) is 0 Å². The summed E-state index contributed by atoms with van der Waals surface area (Å²) in [5.74, 6) is 0. The largest absolute Gasteiger partial charge is 0.394 e. The van der Waals surface area contributed by atoms with Crippen LogP contribution in [0.15, 0.2) is 30.3 Å². The third-order valence-electron chi connectivity index (χ3n) is 3.11. The van der Waals surface area contributed by atoms with Crippen LogP contribution >= 0.6 is 0 Å². The molecule has 1 fully saturated rings. The Morgan fingerprint density at radius 2 is 1.68 bits per heavy atom. The van der Waals surface area contributed by atoms with E-state index in [4.69, 9.17) is 14.6 Å². The molecule has 1 aromatic carbocycles. The second-order valence-electron chi connectivity index (χ2n) is 4.49. The molecular weight excluding hydrogens is 252 g/mol. The van der Waals surface area contributed by atoms with E-state index in [1.165, 1.54) is 0 Å². The van der Waals surface area contributed by atoms with Crippen molar-refractivity contribution in [2.75, 3.05) is 6.61 Å². The third-order valence-corrected chi connectivity index (χ3v) is 3.11. The van der Waals surface area contributed by atoms with Crippen LogP contribution in [0, 0.1) is 0 Å². The van der Waals surface area contributed by atoms with Crippen molar-refractivity contribution in [3.8, 4) is 0 Å². The Labute approximate surface area is 110 Å². The molecule has 6 heteroatoms. The van der Waals surface area contributed by atoms with Gasteiger partial charge in [0.25, 0.3) is 0 Å². The molecule has 0 saturated carbocycles. The molecule has 1 saturated heterocycles. The van der Waals surface area contributed by atoms with Crippen molar-refractivity contribution in [2.24, 2.45) is 0 Å². The molecule has 19 heavy (non-hydrogen) atoms. The number of benzene rings is 1. The van der Waals surface area contributed by atoms with Crippen LogP contribution in [0.25, 0.3) is 0 Å². The van der Waals surface area contributed by atoms with Gasteiger partial charge in [0, 0.05) is 0 Å². The maximum absolute atomic E-state index is 9.76. The second kappa shape index (κ2) is 6.42. The van der Waals surface area contributed by atoms with Gasteiger partial charge in [-0.25, -0.2) is 0 Å². The predicted octanol–water partition coefficient (Wildman–Crippen LogP) is -0.997. The van der Waals surface area contributed by atoms with Gasteiger partial charge in [-0.05, 0) is 5.56 Å². The summed E-state index contributed by atoms with van der Waals surface area (Å²) in [6.45, 7) is -0.264. The highest BCUT2D eigenvalue weighted by atomic mass is 16.7. The maximum Gasteiger partial charge on any atom is 0.187 e. The number of ether oxygens (including phenoxy) is 2. The first-order valence-corrected chi connectivity index (χ1v) is 6.09. The monoisotopic (exact) mass is 270 g/mol. The van der Waals surface area contributed by atoms with Crippen LogP contribution in [-0.4, -0.2) is 57.7 Å². The third kappa shape index (κ3) is 3.30. The van der Waals surface area contributed by atoms with Gasteiger partial charge < -0.3 is 29.9 Å². The highest BCUT2D eigenvalue weighted by Gasteiger charge is 2.43. The average molecular weight is 270 g/mol. The summed E-state index contributed by atoms with van der Waals surface area (Å²) in [5.41, 5.74) is 0.888. The first-order valence-electron chi connectivity index (χ1n) is 6.09. The Bertz CT molecular complexity index is 382. The summed E-state index contributed by atoms with van der Waals surface area (Å²) < 4.78 is 10.6. The molecular formula is C13H18O6. The fourth-order valence-electron chi connectivity index (χ4n) is 1.96. The molecule has 6 nitrogen and oxygen atoms in total. The minimum atomic E-state index is -1.41. The molecule has 1 aromatic rings. The van der Waals surface area contributed by atoms with Crippen LogP contribution in [-0.2, 0) is 16.1 Å². The average Bonchev–Trinajstić information content (AvgIpc) is 2.45. The van der Waals surface area contributed by atoms with Crippen molar-refractivity contribution >= 4 is 0 Å².